The molecule has 0 aliphatic carbocycles. The number of aromatic hydroxyl groups is 1. The molecule has 0 saturated carbocycles. The van der Waals surface area contributed by atoms with Crippen LogP contribution in [-0.4, -0.2) is 48.7 Å². The molecule has 0 fully saturated rings. The summed E-state index contributed by atoms with van der Waals surface area (Å²) in [5.41, 5.74) is 6.30. The molecule has 9 nitrogen and oxygen atoms in total. The molecule has 0 radical (unpaired) electrons. The summed E-state index contributed by atoms with van der Waals surface area (Å²) in [5, 5.41) is 8.86. The lowest BCUT2D eigenvalue weighted by Crippen LogP contribution is -2.33. The number of phenols is 1. The Morgan fingerprint density at radius 3 is 1.38 bits per heavy atom. The molecule has 9 heteroatoms. The van der Waals surface area contributed by atoms with E-state index in [9.17, 15) is 19.2 Å². The number of benzene rings is 1. The summed E-state index contributed by atoms with van der Waals surface area (Å²) in [6, 6.07) is 5.01. The fourth-order valence-corrected chi connectivity index (χ4v) is 5.85. The van der Waals surface area contributed by atoms with Crippen LogP contribution in [0.1, 0.15) is 204 Å². The predicted octanol–water partition coefficient (Wildman–Crippen LogP) is 11.1. The zero-order valence-corrected chi connectivity index (χ0v) is 33.3. The number of ether oxygens (including phenoxy) is 3. The molecule has 0 spiro atoms. The summed E-state index contributed by atoms with van der Waals surface area (Å²) in [5.74, 6) is -1.85. The molecule has 0 saturated heterocycles. The number of esters is 4. The third-order valence-electron chi connectivity index (χ3n) is 9.20. The highest BCUT2D eigenvalue weighted by molar-refractivity contribution is 5.89. The van der Waals surface area contributed by atoms with Crippen molar-refractivity contribution in [2.75, 3.05) is 13.7 Å². The van der Waals surface area contributed by atoms with Crippen LogP contribution in [0.3, 0.4) is 0 Å². The average molecular weight is 734 g/mol. The van der Waals surface area contributed by atoms with Crippen LogP contribution in [0.5, 0.6) is 5.75 Å². The standard InChI is InChI=1S/C35H67NO5.C8H8O3/c1-3-5-7-9-11-13-14-15-16-17-18-19-21-23-25-27-31-40-35(39)32(36)29-30-34(38)41-33(37)28-26-24-22-20-12-10-8-6-4-2;1-11-8(10)6-2-4-7(9)5-3-6/h32H,3-31,36H2,1-2H3;2-5,9H,1H3. The molecular weight excluding hydrogens is 658 g/mol. The van der Waals surface area contributed by atoms with Crippen LogP contribution in [-0.2, 0) is 28.6 Å². The van der Waals surface area contributed by atoms with Gasteiger partial charge >= 0.3 is 23.9 Å². The number of nitrogens with two attached hydrogens (primary N) is 1. The molecule has 0 aromatic heterocycles. The summed E-state index contributed by atoms with van der Waals surface area (Å²) < 4.78 is 14.6. The van der Waals surface area contributed by atoms with Crippen LogP contribution < -0.4 is 5.73 Å². The minimum absolute atomic E-state index is 0.0567. The second-order valence-electron chi connectivity index (χ2n) is 14.1. The molecule has 0 amide bonds. The molecule has 1 unspecified atom stereocenters. The number of methoxy groups -OCH3 is 1. The Morgan fingerprint density at radius 1 is 0.577 bits per heavy atom. The maximum atomic E-state index is 12.1. The number of rotatable bonds is 32. The summed E-state index contributed by atoms with van der Waals surface area (Å²) in [6.45, 7) is 4.85. The molecule has 1 rings (SSSR count). The molecule has 0 aliphatic heterocycles. The van der Waals surface area contributed by atoms with Gasteiger partial charge in [-0.25, -0.2) is 4.79 Å². The molecule has 1 aromatic rings. The van der Waals surface area contributed by atoms with E-state index in [1.807, 2.05) is 0 Å². The highest BCUT2D eigenvalue weighted by Crippen LogP contribution is 2.15. The van der Waals surface area contributed by atoms with Gasteiger partial charge in [-0.1, -0.05) is 162 Å². The van der Waals surface area contributed by atoms with E-state index in [1.54, 1.807) is 0 Å². The van der Waals surface area contributed by atoms with Crippen LogP contribution in [0, 0.1) is 0 Å². The summed E-state index contributed by atoms with van der Waals surface area (Å²) in [7, 11) is 1.31. The number of unbranched alkanes of at least 4 members (excludes halogenated alkanes) is 23. The lowest BCUT2D eigenvalue weighted by molar-refractivity contribution is -0.159. The second kappa shape index (κ2) is 36.4. The maximum absolute atomic E-state index is 12.1. The largest absolute Gasteiger partial charge is 0.508 e. The first kappa shape index (κ1) is 49.1. The van der Waals surface area contributed by atoms with E-state index in [0.29, 0.717) is 12.2 Å². The molecular formula is C43H75NO8. The van der Waals surface area contributed by atoms with Crippen molar-refractivity contribution in [1.29, 1.82) is 0 Å². The van der Waals surface area contributed by atoms with Crippen molar-refractivity contribution in [3.63, 3.8) is 0 Å². The molecule has 0 bridgehead atoms. The van der Waals surface area contributed by atoms with Gasteiger partial charge in [0, 0.05) is 12.8 Å². The monoisotopic (exact) mass is 734 g/mol. The van der Waals surface area contributed by atoms with Crippen LogP contribution in [0.2, 0.25) is 0 Å². The Hall–Kier alpha value is -2.94. The van der Waals surface area contributed by atoms with Gasteiger partial charge in [-0.3, -0.25) is 14.4 Å². The third kappa shape index (κ3) is 31.8. The molecule has 3 N–H and O–H groups in total. The fourth-order valence-electron chi connectivity index (χ4n) is 5.85. The Morgan fingerprint density at radius 2 is 0.962 bits per heavy atom. The fraction of sp³-hybridized carbons (Fsp3) is 0.767. The smallest absolute Gasteiger partial charge is 0.337 e. The number of carbonyl (C=O) groups is 4. The Kier molecular flexibility index (Phi) is 34.4. The minimum atomic E-state index is -0.865. The number of phenolic OH excluding ortho intramolecular Hbond substituents is 1. The van der Waals surface area contributed by atoms with E-state index in [-0.39, 0.29) is 25.0 Å². The van der Waals surface area contributed by atoms with Crippen LogP contribution in [0.15, 0.2) is 24.3 Å². The first-order valence-electron chi connectivity index (χ1n) is 20.8. The van der Waals surface area contributed by atoms with Gasteiger partial charge in [-0.2, -0.15) is 0 Å². The first-order chi connectivity index (χ1) is 25.2. The Bertz CT molecular complexity index is 1010. The average Bonchev–Trinajstić information content (AvgIpc) is 3.14. The van der Waals surface area contributed by atoms with Crippen molar-refractivity contribution in [3.05, 3.63) is 29.8 Å². The zero-order chi connectivity index (χ0) is 38.5. The molecule has 1 aromatic carbocycles. The van der Waals surface area contributed by atoms with Crippen molar-refractivity contribution in [3.8, 4) is 5.75 Å². The SMILES string of the molecule is CCCCCCCCCCCCCCCCCCOC(=O)C(N)CCC(=O)OC(=O)CCCCCCCCCCC.COC(=O)c1ccc(O)cc1. The van der Waals surface area contributed by atoms with Gasteiger partial charge in [-0.15, -0.1) is 0 Å². The quantitative estimate of drug-likeness (QED) is 0.0320. The van der Waals surface area contributed by atoms with Crippen LogP contribution >= 0.6 is 0 Å². The maximum Gasteiger partial charge on any atom is 0.337 e. The Balaban J connectivity index is 0.00000199. The van der Waals surface area contributed by atoms with Crippen LogP contribution in [0.4, 0.5) is 0 Å². The van der Waals surface area contributed by atoms with E-state index in [4.69, 9.17) is 20.3 Å². The molecule has 0 aliphatic rings. The Labute approximate surface area is 316 Å². The lowest BCUT2D eigenvalue weighted by Gasteiger charge is -2.11. The van der Waals surface area contributed by atoms with E-state index in [1.165, 1.54) is 160 Å². The zero-order valence-electron chi connectivity index (χ0n) is 33.3. The summed E-state index contributed by atoms with van der Waals surface area (Å²) in [4.78, 5) is 46.7. The van der Waals surface area contributed by atoms with Gasteiger partial charge in [0.2, 0.25) is 0 Å². The van der Waals surface area contributed by atoms with Crippen molar-refractivity contribution >= 4 is 23.9 Å². The van der Waals surface area contributed by atoms with E-state index in [0.717, 1.165) is 32.1 Å². The van der Waals surface area contributed by atoms with Crippen LogP contribution in [0.25, 0.3) is 0 Å². The highest BCUT2D eigenvalue weighted by Gasteiger charge is 2.18. The van der Waals surface area contributed by atoms with E-state index >= 15 is 0 Å². The van der Waals surface area contributed by atoms with Crippen molar-refractivity contribution in [1.82, 2.24) is 0 Å². The number of hydrogen-bond acceptors (Lipinski definition) is 9. The van der Waals surface area contributed by atoms with Gasteiger partial charge < -0.3 is 25.1 Å². The van der Waals surface area contributed by atoms with Gasteiger partial charge in [0.15, 0.2) is 0 Å². The van der Waals surface area contributed by atoms with Gasteiger partial charge in [-0.05, 0) is 43.5 Å². The topological polar surface area (TPSA) is 142 Å². The molecule has 0 heterocycles. The van der Waals surface area contributed by atoms with Crippen molar-refractivity contribution in [2.45, 2.75) is 200 Å². The highest BCUT2D eigenvalue weighted by atomic mass is 16.6. The van der Waals surface area contributed by atoms with Gasteiger partial charge in [0.25, 0.3) is 0 Å². The van der Waals surface area contributed by atoms with Gasteiger partial charge in [0.05, 0.1) is 19.3 Å². The van der Waals surface area contributed by atoms with Crippen molar-refractivity contribution in [2.24, 2.45) is 5.73 Å². The van der Waals surface area contributed by atoms with E-state index < -0.39 is 29.9 Å². The first-order valence-corrected chi connectivity index (χ1v) is 20.8. The third-order valence-corrected chi connectivity index (χ3v) is 9.20. The van der Waals surface area contributed by atoms with Gasteiger partial charge in [0.1, 0.15) is 11.8 Å². The predicted molar refractivity (Wildman–Crippen MR) is 210 cm³/mol. The number of carbonyl (C=O) groups excluding carboxylic acids is 4. The second-order valence-corrected chi connectivity index (χ2v) is 14.1. The van der Waals surface area contributed by atoms with E-state index in [2.05, 4.69) is 18.6 Å². The number of hydrogen-bond donors (Lipinski definition) is 2. The minimum Gasteiger partial charge on any atom is -0.508 e. The molecule has 52 heavy (non-hydrogen) atoms. The summed E-state index contributed by atoms with van der Waals surface area (Å²) in [6.07, 6.45) is 31.6. The molecule has 300 valence electrons. The normalized spacial score (nSPS) is 11.3. The molecule has 1 atom stereocenters. The summed E-state index contributed by atoms with van der Waals surface area (Å²) >= 11 is 0. The lowest BCUT2D eigenvalue weighted by atomic mass is 10.0. The van der Waals surface area contributed by atoms with Crippen molar-refractivity contribution < 1.29 is 38.5 Å².